The lowest BCUT2D eigenvalue weighted by molar-refractivity contribution is -0.133. The maximum absolute atomic E-state index is 14.8. The van der Waals surface area contributed by atoms with E-state index < -0.39 is 5.82 Å². The SMILES string of the molecule is CC(C)N1CCc2cc(Nc3cc4cc(COc5ccccn5)c(F)c(Cl)c4cn3)nn2CC1=O. The number of nitrogens with zero attached hydrogens (tertiary/aromatic N) is 5. The molecule has 1 amide bonds. The van der Waals surface area contributed by atoms with E-state index >= 15 is 0 Å². The van der Waals surface area contributed by atoms with Gasteiger partial charge in [0, 0.05) is 60.2 Å². The van der Waals surface area contributed by atoms with Crippen molar-refractivity contribution in [3.8, 4) is 5.88 Å². The summed E-state index contributed by atoms with van der Waals surface area (Å²) in [5, 5.41) is 8.93. The van der Waals surface area contributed by atoms with E-state index in [2.05, 4.69) is 20.4 Å². The first-order valence-electron chi connectivity index (χ1n) is 11.3. The maximum atomic E-state index is 14.8. The second kappa shape index (κ2) is 9.50. The van der Waals surface area contributed by atoms with Crippen molar-refractivity contribution in [2.24, 2.45) is 0 Å². The third-order valence-electron chi connectivity index (χ3n) is 5.95. The number of benzene rings is 1. The standard InChI is InChI=1S/C25H24ClFN6O2/c1-15(2)32-8-6-18-11-21(31-33(18)13-23(32)34)30-20-10-16-9-17(14-35-22-5-3-4-7-28-22)25(27)24(26)19(16)12-29-20/h3-5,7,9-12,15H,6,8,13-14H2,1-2H3,(H,29,30,31). The van der Waals surface area contributed by atoms with Gasteiger partial charge in [-0.05, 0) is 37.4 Å². The molecule has 35 heavy (non-hydrogen) atoms. The molecule has 1 N–H and O–H groups in total. The Labute approximate surface area is 206 Å². The molecule has 5 rings (SSSR count). The molecule has 10 heteroatoms. The van der Waals surface area contributed by atoms with E-state index in [4.69, 9.17) is 16.3 Å². The van der Waals surface area contributed by atoms with Gasteiger partial charge in [-0.1, -0.05) is 17.7 Å². The first-order valence-corrected chi connectivity index (χ1v) is 11.7. The van der Waals surface area contributed by atoms with Crippen molar-refractivity contribution in [1.82, 2.24) is 24.6 Å². The molecule has 4 aromatic rings. The summed E-state index contributed by atoms with van der Waals surface area (Å²) in [6.07, 6.45) is 3.85. The number of aromatic nitrogens is 4. The minimum atomic E-state index is -0.546. The van der Waals surface area contributed by atoms with Crippen LogP contribution in [-0.2, 0) is 24.4 Å². The largest absolute Gasteiger partial charge is 0.473 e. The molecule has 0 radical (unpaired) electrons. The Bertz CT molecular complexity index is 1390. The van der Waals surface area contributed by atoms with Crippen LogP contribution in [0.3, 0.4) is 0 Å². The van der Waals surface area contributed by atoms with Gasteiger partial charge in [-0.2, -0.15) is 5.10 Å². The molecule has 0 unspecified atom stereocenters. The molecule has 0 saturated heterocycles. The van der Waals surface area contributed by atoms with Gasteiger partial charge in [0.05, 0.1) is 5.02 Å². The monoisotopic (exact) mass is 494 g/mol. The number of amides is 1. The number of halogens is 2. The van der Waals surface area contributed by atoms with E-state index in [0.717, 1.165) is 12.1 Å². The number of hydrogen-bond donors (Lipinski definition) is 1. The molecule has 180 valence electrons. The summed E-state index contributed by atoms with van der Waals surface area (Å²) < 4.78 is 22.2. The number of carbonyl (C=O) groups excluding carboxylic acids is 1. The van der Waals surface area contributed by atoms with Gasteiger partial charge >= 0.3 is 0 Å². The molecule has 1 aliphatic heterocycles. The minimum Gasteiger partial charge on any atom is -0.473 e. The van der Waals surface area contributed by atoms with Gasteiger partial charge in [0.25, 0.3) is 0 Å². The number of carbonyl (C=O) groups is 1. The zero-order chi connectivity index (χ0) is 24.5. The Hall–Kier alpha value is -3.72. The van der Waals surface area contributed by atoms with Gasteiger partial charge in [0.2, 0.25) is 11.8 Å². The smallest absolute Gasteiger partial charge is 0.244 e. The zero-order valence-corrected chi connectivity index (χ0v) is 20.1. The van der Waals surface area contributed by atoms with Crippen molar-refractivity contribution in [2.75, 3.05) is 11.9 Å². The Balaban J connectivity index is 1.37. The number of nitrogens with one attached hydrogen (secondary N) is 1. The summed E-state index contributed by atoms with van der Waals surface area (Å²) in [7, 11) is 0. The molecule has 0 atom stereocenters. The molecule has 3 aromatic heterocycles. The molecule has 0 bridgehead atoms. The molecule has 0 spiro atoms. The van der Waals surface area contributed by atoms with Crippen LogP contribution in [0, 0.1) is 5.82 Å². The van der Waals surface area contributed by atoms with E-state index in [1.165, 1.54) is 6.20 Å². The summed E-state index contributed by atoms with van der Waals surface area (Å²) in [6, 6.07) is 10.8. The molecule has 8 nitrogen and oxygen atoms in total. The van der Waals surface area contributed by atoms with Gasteiger partial charge in [-0.3, -0.25) is 9.48 Å². The first kappa shape index (κ1) is 23.0. The fraction of sp³-hybridized carbons (Fsp3) is 0.280. The van der Waals surface area contributed by atoms with E-state index in [0.29, 0.717) is 40.4 Å². The van der Waals surface area contributed by atoms with Gasteiger partial charge in [0.15, 0.2) is 5.82 Å². The van der Waals surface area contributed by atoms with Crippen molar-refractivity contribution >= 4 is 39.9 Å². The van der Waals surface area contributed by atoms with E-state index in [1.807, 2.05) is 24.8 Å². The Kier molecular flexibility index (Phi) is 6.25. The lowest BCUT2D eigenvalue weighted by Gasteiger charge is -2.24. The predicted molar refractivity (Wildman–Crippen MR) is 131 cm³/mol. The average molecular weight is 495 g/mol. The normalized spacial score (nSPS) is 13.7. The van der Waals surface area contributed by atoms with Gasteiger partial charge in [-0.25, -0.2) is 14.4 Å². The molecule has 0 aliphatic carbocycles. The highest BCUT2D eigenvalue weighted by Crippen LogP contribution is 2.31. The highest BCUT2D eigenvalue weighted by molar-refractivity contribution is 6.35. The van der Waals surface area contributed by atoms with Crippen LogP contribution in [0.2, 0.25) is 5.02 Å². The minimum absolute atomic E-state index is 0.0110. The highest BCUT2D eigenvalue weighted by Gasteiger charge is 2.24. The van der Waals surface area contributed by atoms with Crippen molar-refractivity contribution < 1.29 is 13.9 Å². The Morgan fingerprint density at radius 2 is 2.06 bits per heavy atom. The van der Waals surface area contributed by atoms with Crippen LogP contribution in [0.5, 0.6) is 5.88 Å². The van der Waals surface area contributed by atoms with E-state index in [1.54, 1.807) is 41.2 Å². The number of hydrogen-bond acceptors (Lipinski definition) is 6. The van der Waals surface area contributed by atoms with Gasteiger partial charge < -0.3 is 15.0 Å². The van der Waals surface area contributed by atoms with Crippen LogP contribution in [0.1, 0.15) is 25.1 Å². The van der Waals surface area contributed by atoms with Crippen LogP contribution in [0.15, 0.2) is 48.8 Å². The third kappa shape index (κ3) is 4.77. The lowest BCUT2D eigenvalue weighted by atomic mass is 10.1. The lowest BCUT2D eigenvalue weighted by Crippen LogP contribution is -2.38. The first-order chi connectivity index (χ1) is 16.9. The maximum Gasteiger partial charge on any atom is 0.244 e. The van der Waals surface area contributed by atoms with Crippen LogP contribution in [0.25, 0.3) is 10.8 Å². The zero-order valence-electron chi connectivity index (χ0n) is 19.3. The van der Waals surface area contributed by atoms with Crippen LogP contribution >= 0.6 is 11.6 Å². The van der Waals surface area contributed by atoms with Crippen LogP contribution in [-0.4, -0.2) is 43.1 Å². The second-order valence-electron chi connectivity index (χ2n) is 8.65. The molecule has 0 saturated carbocycles. The van der Waals surface area contributed by atoms with E-state index in [9.17, 15) is 9.18 Å². The molecule has 1 aliphatic rings. The van der Waals surface area contributed by atoms with Gasteiger partial charge in [0.1, 0.15) is 24.8 Å². The summed E-state index contributed by atoms with van der Waals surface area (Å²) in [5.74, 6) is 1.02. The van der Waals surface area contributed by atoms with Crippen LogP contribution < -0.4 is 10.1 Å². The molecule has 4 heterocycles. The number of anilines is 2. The fourth-order valence-electron chi connectivity index (χ4n) is 4.15. The topological polar surface area (TPSA) is 85.2 Å². The fourth-order valence-corrected chi connectivity index (χ4v) is 4.43. The second-order valence-corrected chi connectivity index (χ2v) is 9.02. The van der Waals surface area contributed by atoms with Crippen molar-refractivity contribution in [2.45, 2.75) is 39.5 Å². The summed E-state index contributed by atoms with van der Waals surface area (Å²) in [5.41, 5.74) is 1.29. The predicted octanol–water partition coefficient (Wildman–Crippen LogP) is 4.73. The number of ether oxygens (including phenoxy) is 1. The van der Waals surface area contributed by atoms with Crippen molar-refractivity contribution in [3.05, 3.63) is 70.9 Å². The highest BCUT2D eigenvalue weighted by atomic mass is 35.5. The Morgan fingerprint density at radius 1 is 1.20 bits per heavy atom. The van der Waals surface area contributed by atoms with E-state index in [-0.39, 0.29) is 30.1 Å². The number of fused-ring (bicyclic) bond motifs is 2. The number of pyridine rings is 2. The summed E-state index contributed by atoms with van der Waals surface area (Å²) in [6.45, 7) is 4.87. The Morgan fingerprint density at radius 3 is 2.83 bits per heavy atom. The summed E-state index contributed by atoms with van der Waals surface area (Å²) in [4.78, 5) is 22.9. The third-order valence-corrected chi connectivity index (χ3v) is 6.32. The van der Waals surface area contributed by atoms with Crippen LogP contribution in [0.4, 0.5) is 16.0 Å². The van der Waals surface area contributed by atoms with Crippen molar-refractivity contribution in [1.29, 1.82) is 0 Å². The number of rotatable bonds is 6. The molecular weight excluding hydrogens is 471 g/mol. The quantitative estimate of drug-likeness (QED) is 0.417. The molecular formula is C25H24ClFN6O2. The molecule has 1 aromatic carbocycles. The van der Waals surface area contributed by atoms with Crippen molar-refractivity contribution in [3.63, 3.8) is 0 Å². The van der Waals surface area contributed by atoms with Gasteiger partial charge in [-0.15, -0.1) is 0 Å². The molecule has 0 fully saturated rings. The summed E-state index contributed by atoms with van der Waals surface area (Å²) >= 11 is 6.30. The average Bonchev–Trinajstić information content (AvgIpc) is 3.13.